The van der Waals surface area contributed by atoms with Gasteiger partial charge in [-0.2, -0.15) is 0 Å². The summed E-state index contributed by atoms with van der Waals surface area (Å²) in [7, 11) is 0. The lowest BCUT2D eigenvalue weighted by Gasteiger charge is -2.02. The molecule has 0 bridgehead atoms. The van der Waals surface area contributed by atoms with Gasteiger partial charge in [0.05, 0.1) is 5.75 Å². The highest BCUT2D eigenvalue weighted by Crippen LogP contribution is 2.17. The molecule has 0 radical (unpaired) electrons. The first kappa shape index (κ1) is 13.6. The van der Waals surface area contributed by atoms with Crippen LogP contribution >= 0.6 is 11.8 Å². The molecule has 0 saturated heterocycles. The molecule has 1 aromatic heterocycles. The van der Waals surface area contributed by atoms with E-state index >= 15 is 0 Å². The van der Waals surface area contributed by atoms with E-state index in [2.05, 4.69) is 17.1 Å². The maximum atomic E-state index is 11.9. The summed E-state index contributed by atoms with van der Waals surface area (Å²) >= 11 is 1.31. The Morgan fingerprint density at radius 2 is 2.05 bits per heavy atom. The fourth-order valence-corrected chi connectivity index (χ4v) is 2.41. The van der Waals surface area contributed by atoms with Crippen LogP contribution in [0.15, 0.2) is 35.5 Å². The number of ketones is 1. The van der Waals surface area contributed by atoms with Gasteiger partial charge in [-0.05, 0) is 6.42 Å². The highest BCUT2D eigenvalue weighted by molar-refractivity contribution is 7.99. The SMILES string of the molecule is CCCc1nnc(SCC(=O)c2ccccc2)n1N. The normalized spacial score (nSPS) is 10.6. The van der Waals surface area contributed by atoms with E-state index in [0.29, 0.717) is 16.5 Å². The maximum absolute atomic E-state index is 11.9. The van der Waals surface area contributed by atoms with Crippen molar-refractivity contribution in [3.05, 3.63) is 41.7 Å². The molecule has 0 saturated carbocycles. The monoisotopic (exact) mass is 276 g/mol. The molecule has 0 amide bonds. The van der Waals surface area contributed by atoms with Crippen LogP contribution in [0.1, 0.15) is 29.5 Å². The zero-order valence-electron chi connectivity index (χ0n) is 10.7. The molecule has 6 heteroatoms. The number of aromatic nitrogens is 3. The van der Waals surface area contributed by atoms with Gasteiger partial charge in [-0.1, -0.05) is 49.0 Å². The van der Waals surface area contributed by atoms with E-state index in [1.165, 1.54) is 16.4 Å². The number of carbonyl (C=O) groups excluding carboxylic acids is 1. The van der Waals surface area contributed by atoms with E-state index in [4.69, 9.17) is 5.84 Å². The van der Waals surface area contributed by atoms with Crippen molar-refractivity contribution in [1.82, 2.24) is 14.9 Å². The summed E-state index contributed by atoms with van der Waals surface area (Å²) in [5.41, 5.74) is 0.701. The Labute approximate surface area is 116 Å². The summed E-state index contributed by atoms with van der Waals surface area (Å²) in [4.78, 5) is 11.9. The zero-order chi connectivity index (χ0) is 13.7. The number of benzene rings is 1. The molecule has 2 aromatic rings. The Kier molecular flexibility index (Phi) is 4.57. The van der Waals surface area contributed by atoms with E-state index in [1.807, 2.05) is 18.2 Å². The molecule has 0 fully saturated rings. The third-order valence-electron chi connectivity index (χ3n) is 2.64. The van der Waals surface area contributed by atoms with Crippen molar-refractivity contribution in [2.75, 3.05) is 11.6 Å². The molecule has 0 aliphatic carbocycles. The number of aryl methyl sites for hydroxylation is 1. The van der Waals surface area contributed by atoms with E-state index in [-0.39, 0.29) is 5.78 Å². The Bertz CT molecular complexity index is 553. The second-order valence-electron chi connectivity index (χ2n) is 4.10. The average Bonchev–Trinajstić information content (AvgIpc) is 2.79. The summed E-state index contributed by atoms with van der Waals surface area (Å²) in [6, 6.07) is 9.19. The van der Waals surface area contributed by atoms with E-state index in [0.717, 1.165) is 18.7 Å². The zero-order valence-corrected chi connectivity index (χ0v) is 11.6. The number of rotatable bonds is 6. The minimum atomic E-state index is 0.0608. The van der Waals surface area contributed by atoms with Crippen LogP contribution in [0.5, 0.6) is 0 Å². The first-order chi connectivity index (χ1) is 9.22. The van der Waals surface area contributed by atoms with Crippen LogP contribution in [-0.2, 0) is 6.42 Å². The second-order valence-corrected chi connectivity index (χ2v) is 5.04. The van der Waals surface area contributed by atoms with Crippen LogP contribution in [0.25, 0.3) is 0 Å². The van der Waals surface area contributed by atoms with Gasteiger partial charge in [0.2, 0.25) is 5.16 Å². The number of nitrogens with zero attached hydrogens (tertiary/aromatic N) is 3. The second kappa shape index (κ2) is 6.38. The number of hydrogen-bond donors (Lipinski definition) is 1. The molecular weight excluding hydrogens is 260 g/mol. The molecule has 19 heavy (non-hydrogen) atoms. The van der Waals surface area contributed by atoms with Gasteiger partial charge in [-0.25, -0.2) is 4.68 Å². The number of carbonyl (C=O) groups is 1. The summed E-state index contributed by atoms with van der Waals surface area (Å²) < 4.78 is 1.46. The molecule has 0 atom stereocenters. The number of nitrogen functional groups attached to an aromatic ring is 1. The van der Waals surface area contributed by atoms with Gasteiger partial charge in [0.1, 0.15) is 0 Å². The average molecular weight is 276 g/mol. The minimum absolute atomic E-state index is 0.0608. The van der Waals surface area contributed by atoms with Gasteiger partial charge in [0.25, 0.3) is 0 Å². The predicted molar refractivity (Wildman–Crippen MR) is 75.7 cm³/mol. The molecule has 2 rings (SSSR count). The maximum Gasteiger partial charge on any atom is 0.210 e. The molecule has 1 heterocycles. The summed E-state index contributed by atoms with van der Waals surface area (Å²) in [6.07, 6.45) is 1.75. The van der Waals surface area contributed by atoms with E-state index in [1.54, 1.807) is 12.1 Å². The van der Waals surface area contributed by atoms with Crippen LogP contribution in [0.2, 0.25) is 0 Å². The molecule has 1 aromatic carbocycles. The third-order valence-corrected chi connectivity index (χ3v) is 3.58. The highest BCUT2D eigenvalue weighted by Gasteiger charge is 2.12. The quantitative estimate of drug-likeness (QED) is 0.495. The van der Waals surface area contributed by atoms with Crippen LogP contribution < -0.4 is 5.84 Å². The van der Waals surface area contributed by atoms with Gasteiger partial charge >= 0.3 is 0 Å². The molecule has 0 unspecified atom stereocenters. The Morgan fingerprint density at radius 1 is 1.32 bits per heavy atom. The van der Waals surface area contributed by atoms with Crippen molar-refractivity contribution in [3.8, 4) is 0 Å². The van der Waals surface area contributed by atoms with Crippen molar-refractivity contribution in [2.24, 2.45) is 0 Å². The first-order valence-corrected chi connectivity index (χ1v) is 7.11. The molecule has 5 nitrogen and oxygen atoms in total. The molecule has 100 valence electrons. The van der Waals surface area contributed by atoms with E-state index < -0.39 is 0 Å². The fourth-order valence-electron chi connectivity index (χ4n) is 1.64. The van der Waals surface area contributed by atoms with Crippen LogP contribution in [0.4, 0.5) is 0 Å². The van der Waals surface area contributed by atoms with Crippen LogP contribution in [0, 0.1) is 0 Å². The van der Waals surface area contributed by atoms with Gasteiger partial charge in [0, 0.05) is 12.0 Å². The summed E-state index contributed by atoms with van der Waals surface area (Å²) in [5, 5.41) is 8.59. The van der Waals surface area contributed by atoms with Crippen molar-refractivity contribution in [1.29, 1.82) is 0 Å². The van der Waals surface area contributed by atoms with Gasteiger partial charge < -0.3 is 5.84 Å². The minimum Gasteiger partial charge on any atom is -0.336 e. The van der Waals surface area contributed by atoms with Crippen molar-refractivity contribution >= 4 is 17.5 Å². The number of hydrogen-bond acceptors (Lipinski definition) is 5. The lowest BCUT2D eigenvalue weighted by molar-refractivity contribution is 0.102. The molecular formula is C13H16N4OS. The smallest absolute Gasteiger partial charge is 0.210 e. The standard InChI is InChI=1S/C13H16N4OS/c1-2-6-12-15-16-13(17(12)14)19-9-11(18)10-7-4-3-5-8-10/h3-5,7-8H,2,6,9,14H2,1H3. The Balaban J connectivity index is 1.97. The summed E-state index contributed by atoms with van der Waals surface area (Å²) in [5.74, 6) is 6.99. The van der Waals surface area contributed by atoms with Crippen LogP contribution in [-0.4, -0.2) is 26.4 Å². The predicted octanol–water partition coefficient (Wildman–Crippen LogP) is 1.92. The van der Waals surface area contributed by atoms with Gasteiger partial charge in [-0.3, -0.25) is 4.79 Å². The molecule has 0 aliphatic heterocycles. The van der Waals surface area contributed by atoms with E-state index in [9.17, 15) is 4.79 Å². The van der Waals surface area contributed by atoms with Crippen molar-refractivity contribution < 1.29 is 4.79 Å². The fraction of sp³-hybridized carbons (Fsp3) is 0.308. The van der Waals surface area contributed by atoms with Gasteiger partial charge in [0.15, 0.2) is 11.6 Å². The first-order valence-electron chi connectivity index (χ1n) is 6.12. The molecule has 2 N–H and O–H groups in total. The number of nitrogens with two attached hydrogens (primary N) is 1. The van der Waals surface area contributed by atoms with Crippen molar-refractivity contribution in [3.63, 3.8) is 0 Å². The van der Waals surface area contributed by atoms with Crippen molar-refractivity contribution in [2.45, 2.75) is 24.9 Å². The molecule has 0 aliphatic rings. The summed E-state index contributed by atoms with van der Waals surface area (Å²) in [6.45, 7) is 2.06. The highest BCUT2D eigenvalue weighted by atomic mass is 32.2. The third kappa shape index (κ3) is 3.35. The molecule has 0 spiro atoms. The van der Waals surface area contributed by atoms with Gasteiger partial charge in [-0.15, -0.1) is 10.2 Å². The number of thioether (sulfide) groups is 1. The largest absolute Gasteiger partial charge is 0.336 e. The lowest BCUT2D eigenvalue weighted by Crippen LogP contribution is -2.14. The Morgan fingerprint density at radius 3 is 2.74 bits per heavy atom. The lowest BCUT2D eigenvalue weighted by atomic mass is 10.2. The Hall–Kier alpha value is -1.82. The van der Waals surface area contributed by atoms with Crippen LogP contribution in [0.3, 0.4) is 0 Å². The number of Topliss-reactive ketones (excluding diaryl/α,β-unsaturated/α-hetero) is 1. The topological polar surface area (TPSA) is 73.8 Å².